The second kappa shape index (κ2) is 6.45. The third-order valence-electron chi connectivity index (χ3n) is 2.09. The van der Waals surface area contributed by atoms with Crippen molar-refractivity contribution < 1.29 is 9.32 Å². The Morgan fingerprint density at radius 2 is 2.53 bits per heavy atom. The molecule has 0 bridgehead atoms. The molecule has 4 nitrogen and oxygen atoms in total. The van der Waals surface area contributed by atoms with Crippen molar-refractivity contribution in [3.8, 4) is 0 Å². The van der Waals surface area contributed by atoms with E-state index in [0.29, 0.717) is 24.0 Å². The molecule has 0 spiro atoms. The number of aromatic nitrogens is 1. The SMILES string of the molecule is CC(CCl)CCCNC(=O)c1ccon1. The van der Waals surface area contributed by atoms with Gasteiger partial charge in [0, 0.05) is 18.5 Å². The summed E-state index contributed by atoms with van der Waals surface area (Å²) in [6.45, 7) is 2.74. The Labute approximate surface area is 94.0 Å². The van der Waals surface area contributed by atoms with Crippen molar-refractivity contribution >= 4 is 17.5 Å². The number of rotatable bonds is 6. The van der Waals surface area contributed by atoms with Crippen LogP contribution in [0.4, 0.5) is 0 Å². The average Bonchev–Trinajstić information content (AvgIpc) is 2.77. The van der Waals surface area contributed by atoms with E-state index in [1.807, 2.05) is 0 Å². The van der Waals surface area contributed by atoms with Crippen molar-refractivity contribution in [1.29, 1.82) is 0 Å². The molecule has 0 aromatic carbocycles. The third-order valence-corrected chi connectivity index (χ3v) is 2.62. The van der Waals surface area contributed by atoms with Gasteiger partial charge in [-0.1, -0.05) is 12.1 Å². The molecule has 0 saturated carbocycles. The fourth-order valence-corrected chi connectivity index (χ4v) is 1.30. The molecular weight excluding hydrogens is 216 g/mol. The third kappa shape index (κ3) is 4.34. The van der Waals surface area contributed by atoms with Crippen LogP contribution in [-0.4, -0.2) is 23.5 Å². The zero-order chi connectivity index (χ0) is 11.1. The summed E-state index contributed by atoms with van der Waals surface area (Å²) in [5, 5.41) is 6.30. The van der Waals surface area contributed by atoms with E-state index >= 15 is 0 Å². The number of nitrogens with zero attached hydrogens (tertiary/aromatic N) is 1. The van der Waals surface area contributed by atoms with E-state index in [2.05, 4.69) is 21.9 Å². The summed E-state index contributed by atoms with van der Waals surface area (Å²) in [7, 11) is 0. The zero-order valence-electron chi connectivity index (χ0n) is 8.70. The molecule has 1 atom stereocenters. The van der Waals surface area contributed by atoms with E-state index in [0.717, 1.165) is 12.8 Å². The second-order valence-corrected chi connectivity index (χ2v) is 3.85. The van der Waals surface area contributed by atoms with Gasteiger partial charge in [0.2, 0.25) is 0 Å². The summed E-state index contributed by atoms with van der Waals surface area (Å²) in [6, 6.07) is 1.54. The molecule has 84 valence electrons. The highest BCUT2D eigenvalue weighted by atomic mass is 35.5. The maximum absolute atomic E-state index is 11.4. The smallest absolute Gasteiger partial charge is 0.273 e. The van der Waals surface area contributed by atoms with Crippen LogP contribution in [-0.2, 0) is 0 Å². The standard InChI is InChI=1S/C10H15ClN2O2/c1-8(7-11)3-2-5-12-10(14)9-4-6-15-13-9/h4,6,8H,2-3,5,7H2,1H3,(H,12,14). The normalized spacial score (nSPS) is 12.4. The van der Waals surface area contributed by atoms with Crippen LogP contribution in [0, 0.1) is 5.92 Å². The van der Waals surface area contributed by atoms with Gasteiger partial charge in [0.15, 0.2) is 5.69 Å². The molecule has 5 heteroatoms. The molecule has 0 fully saturated rings. The monoisotopic (exact) mass is 230 g/mol. The van der Waals surface area contributed by atoms with Gasteiger partial charge in [0.05, 0.1) is 0 Å². The number of alkyl halides is 1. The van der Waals surface area contributed by atoms with Gasteiger partial charge in [-0.15, -0.1) is 11.6 Å². The number of hydrogen-bond donors (Lipinski definition) is 1. The minimum atomic E-state index is -0.192. The first-order chi connectivity index (χ1) is 7.24. The van der Waals surface area contributed by atoms with Gasteiger partial charge in [0.25, 0.3) is 5.91 Å². The molecular formula is C10H15ClN2O2. The minimum Gasteiger partial charge on any atom is -0.364 e. The van der Waals surface area contributed by atoms with Crippen LogP contribution in [0.1, 0.15) is 30.3 Å². The van der Waals surface area contributed by atoms with Crippen LogP contribution < -0.4 is 5.32 Å². The lowest BCUT2D eigenvalue weighted by Crippen LogP contribution is -2.25. The summed E-state index contributed by atoms with van der Waals surface area (Å²) in [6.07, 6.45) is 3.32. The lowest BCUT2D eigenvalue weighted by molar-refractivity contribution is 0.0943. The van der Waals surface area contributed by atoms with Crippen molar-refractivity contribution in [2.24, 2.45) is 5.92 Å². The Bertz CT molecular complexity index is 288. The predicted octanol–water partition coefficient (Wildman–Crippen LogP) is 2.06. The van der Waals surface area contributed by atoms with Crippen LogP contribution in [0.25, 0.3) is 0 Å². The quantitative estimate of drug-likeness (QED) is 0.601. The fraction of sp³-hybridized carbons (Fsp3) is 0.600. The summed E-state index contributed by atoms with van der Waals surface area (Å²) in [4.78, 5) is 11.4. The van der Waals surface area contributed by atoms with E-state index in [-0.39, 0.29) is 5.91 Å². The van der Waals surface area contributed by atoms with Crippen molar-refractivity contribution in [3.05, 3.63) is 18.0 Å². The van der Waals surface area contributed by atoms with E-state index in [4.69, 9.17) is 11.6 Å². The molecule has 0 aliphatic heterocycles. The van der Waals surface area contributed by atoms with Gasteiger partial charge in [-0.05, 0) is 18.8 Å². The highest BCUT2D eigenvalue weighted by molar-refractivity contribution is 6.18. The van der Waals surface area contributed by atoms with Crippen LogP contribution in [0.2, 0.25) is 0 Å². The van der Waals surface area contributed by atoms with Gasteiger partial charge in [-0.3, -0.25) is 4.79 Å². The molecule has 1 unspecified atom stereocenters. The number of hydrogen-bond acceptors (Lipinski definition) is 3. The fourth-order valence-electron chi connectivity index (χ4n) is 1.15. The number of carbonyl (C=O) groups excluding carboxylic acids is 1. The first kappa shape index (κ1) is 12.0. The van der Waals surface area contributed by atoms with Crippen molar-refractivity contribution in [3.63, 3.8) is 0 Å². The van der Waals surface area contributed by atoms with E-state index < -0.39 is 0 Å². The van der Waals surface area contributed by atoms with Gasteiger partial charge < -0.3 is 9.84 Å². The molecule has 0 radical (unpaired) electrons. The average molecular weight is 231 g/mol. The highest BCUT2D eigenvalue weighted by Crippen LogP contribution is 2.06. The van der Waals surface area contributed by atoms with Crippen molar-refractivity contribution in [2.75, 3.05) is 12.4 Å². The topological polar surface area (TPSA) is 55.1 Å². The molecule has 1 N–H and O–H groups in total. The number of amides is 1. The van der Waals surface area contributed by atoms with Crippen molar-refractivity contribution in [1.82, 2.24) is 10.5 Å². The highest BCUT2D eigenvalue weighted by Gasteiger charge is 2.07. The molecule has 15 heavy (non-hydrogen) atoms. The van der Waals surface area contributed by atoms with Gasteiger partial charge in [0.1, 0.15) is 6.26 Å². The van der Waals surface area contributed by atoms with E-state index in [9.17, 15) is 4.79 Å². The van der Waals surface area contributed by atoms with E-state index in [1.54, 1.807) is 0 Å². The number of carbonyl (C=O) groups is 1. The van der Waals surface area contributed by atoms with Crippen LogP contribution in [0.15, 0.2) is 16.9 Å². The van der Waals surface area contributed by atoms with Gasteiger partial charge in [-0.25, -0.2) is 0 Å². The largest absolute Gasteiger partial charge is 0.364 e. The molecule has 0 aliphatic carbocycles. The maximum atomic E-state index is 11.4. The molecule has 0 aliphatic rings. The van der Waals surface area contributed by atoms with Crippen molar-refractivity contribution in [2.45, 2.75) is 19.8 Å². The Balaban J connectivity index is 2.13. The Morgan fingerprint density at radius 3 is 3.13 bits per heavy atom. The summed E-state index contributed by atoms with van der Waals surface area (Å²) < 4.78 is 4.57. The molecule has 1 aromatic heterocycles. The molecule has 1 aromatic rings. The number of halogens is 1. The number of nitrogens with one attached hydrogen (secondary N) is 1. The van der Waals surface area contributed by atoms with Gasteiger partial charge >= 0.3 is 0 Å². The Hall–Kier alpha value is -1.03. The first-order valence-corrected chi connectivity index (χ1v) is 5.52. The summed E-state index contributed by atoms with van der Waals surface area (Å²) in [5.41, 5.74) is 0.320. The molecule has 0 saturated heterocycles. The first-order valence-electron chi connectivity index (χ1n) is 4.98. The molecule has 1 rings (SSSR count). The lowest BCUT2D eigenvalue weighted by atomic mass is 10.1. The molecule has 1 heterocycles. The van der Waals surface area contributed by atoms with E-state index in [1.165, 1.54) is 12.3 Å². The maximum Gasteiger partial charge on any atom is 0.273 e. The van der Waals surface area contributed by atoms with Crippen LogP contribution in [0.3, 0.4) is 0 Å². The Morgan fingerprint density at radius 1 is 1.73 bits per heavy atom. The zero-order valence-corrected chi connectivity index (χ0v) is 9.46. The Kier molecular flexibility index (Phi) is 5.18. The predicted molar refractivity (Wildman–Crippen MR) is 58.0 cm³/mol. The van der Waals surface area contributed by atoms with Gasteiger partial charge in [-0.2, -0.15) is 0 Å². The summed E-state index contributed by atoms with van der Waals surface area (Å²) >= 11 is 5.66. The lowest BCUT2D eigenvalue weighted by Gasteiger charge is -2.06. The van der Waals surface area contributed by atoms with Crippen LogP contribution in [0.5, 0.6) is 0 Å². The van der Waals surface area contributed by atoms with Crippen LogP contribution >= 0.6 is 11.6 Å². The second-order valence-electron chi connectivity index (χ2n) is 3.54. The summed E-state index contributed by atoms with van der Waals surface area (Å²) in [5.74, 6) is 0.968. The molecule has 1 amide bonds. The minimum absolute atomic E-state index is 0.192.